The van der Waals surface area contributed by atoms with Gasteiger partial charge in [-0.25, -0.2) is 4.98 Å². The van der Waals surface area contributed by atoms with Gasteiger partial charge in [-0.05, 0) is 12.5 Å². The van der Waals surface area contributed by atoms with Crippen molar-refractivity contribution in [3.05, 3.63) is 45.6 Å². The molecule has 3 aromatic rings. The number of aliphatic hydroxyl groups excluding tert-OH is 2. The molecule has 0 saturated heterocycles. The van der Waals surface area contributed by atoms with E-state index in [1.54, 1.807) is 0 Å². The first-order chi connectivity index (χ1) is 11.1. The Bertz CT molecular complexity index is 871. The van der Waals surface area contributed by atoms with Crippen LogP contribution in [0.2, 0.25) is 0 Å². The third-order valence-corrected chi connectivity index (χ3v) is 5.30. The van der Waals surface area contributed by atoms with Crippen molar-refractivity contribution in [2.75, 3.05) is 12.4 Å². The average molecular weight is 348 g/mol. The van der Waals surface area contributed by atoms with Crippen molar-refractivity contribution in [1.82, 2.24) is 9.97 Å². The molecule has 23 heavy (non-hydrogen) atoms. The molecule has 7 heteroatoms. The first kappa shape index (κ1) is 16.2. The molecule has 1 atom stereocenters. The van der Waals surface area contributed by atoms with Crippen LogP contribution in [0, 0.1) is 6.92 Å². The summed E-state index contributed by atoms with van der Waals surface area (Å²) in [5.74, 6) is 0.279. The van der Waals surface area contributed by atoms with Crippen LogP contribution < -0.4 is 5.56 Å². The van der Waals surface area contributed by atoms with E-state index in [1.807, 2.05) is 36.6 Å². The molecule has 0 bridgehead atoms. The Balaban J connectivity index is 1.98. The van der Waals surface area contributed by atoms with Gasteiger partial charge in [-0.2, -0.15) is 0 Å². The summed E-state index contributed by atoms with van der Waals surface area (Å²) < 4.78 is 0. The second-order valence-electron chi connectivity index (χ2n) is 5.21. The Hall–Kier alpha value is -1.67. The average Bonchev–Trinajstić information content (AvgIpc) is 2.98. The monoisotopic (exact) mass is 348 g/mol. The number of H-pyrrole nitrogens is 1. The summed E-state index contributed by atoms with van der Waals surface area (Å²) in [5.41, 5.74) is 2.85. The summed E-state index contributed by atoms with van der Waals surface area (Å²) in [4.78, 5) is 20.3. The van der Waals surface area contributed by atoms with Gasteiger partial charge in [0.05, 0.1) is 18.1 Å². The maximum absolute atomic E-state index is 12.4. The summed E-state index contributed by atoms with van der Waals surface area (Å²) in [6, 6.07) is 8.02. The fourth-order valence-corrected chi connectivity index (χ4v) is 3.95. The van der Waals surface area contributed by atoms with Crippen LogP contribution in [0.4, 0.5) is 0 Å². The highest BCUT2D eigenvalue weighted by atomic mass is 32.2. The number of thiophene rings is 1. The number of thioether (sulfide) groups is 1. The Morgan fingerprint density at radius 1 is 1.35 bits per heavy atom. The second kappa shape index (κ2) is 6.84. The van der Waals surface area contributed by atoms with Crippen molar-refractivity contribution in [2.24, 2.45) is 0 Å². The van der Waals surface area contributed by atoms with Gasteiger partial charge in [0.25, 0.3) is 5.56 Å². The largest absolute Gasteiger partial charge is 0.394 e. The number of nitrogens with zero attached hydrogens (tertiary/aromatic N) is 1. The number of aromatic nitrogens is 2. The zero-order valence-corrected chi connectivity index (χ0v) is 14.1. The van der Waals surface area contributed by atoms with Crippen LogP contribution >= 0.6 is 23.1 Å². The van der Waals surface area contributed by atoms with Gasteiger partial charge in [-0.3, -0.25) is 4.79 Å². The molecule has 0 aliphatic heterocycles. The lowest BCUT2D eigenvalue weighted by molar-refractivity contribution is 0.113. The number of aryl methyl sites for hydroxylation is 1. The number of aliphatic hydroxyl groups is 2. The lowest BCUT2D eigenvalue weighted by Gasteiger charge is -2.06. The topological polar surface area (TPSA) is 86.2 Å². The third kappa shape index (κ3) is 3.48. The zero-order valence-electron chi connectivity index (χ0n) is 12.4. The molecule has 0 spiro atoms. The molecule has 1 aromatic carbocycles. The molecule has 2 heterocycles. The number of hydrogen-bond acceptors (Lipinski definition) is 6. The summed E-state index contributed by atoms with van der Waals surface area (Å²) in [6.45, 7) is 1.71. The van der Waals surface area contributed by atoms with Crippen LogP contribution in [0.3, 0.4) is 0 Å². The minimum absolute atomic E-state index is 0.187. The van der Waals surface area contributed by atoms with Crippen molar-refractivity contribution >= 4 is 33.3 Å². The van der Waals surface area contributed by atoms with Crippen molar-refractivity contribution in [1.29, 1.82) is 0 Å². The smallest absolute Gasteiger partial charge is 0.260 e. The molecule has 0 aliphatic rings. The van der Waals surface area contributed by atoms with E-state index in [-0.39, 0.29) is 17.9 Å². The van der Waals surface area contributed by atoms with Crippen LogP contribution in [0.15, 0.2) is 39.6 Å². The van der Waals surface area contributed by atoms with Crippen molar-refractivity contribution in [3.63, 3.8) is 0 Å². The molecule has 5 nitrogen and oxygen atoms in total. The van der Waals surface area contributed by atoms with Gasteiger partial charge >= 0.3 is 0 Å². The number of benzene rings is 1. The predicted octanol–water partition coefficient (Wildman–Crippen LogP) is 2.41. The minimum atomic E-state index is -0.826. The Morgan fingerprint density at radius 2 is 2.09 bits per heavy atom. The van der Waals surface area contributed by atoms with E-state index in [2.05, 4.69) is 9.97 Å². The van der Waals surface area contributed by atoms with E-state index < -0.39 is 6.10 Å². The van der Waals surface area contributed by atoms with Crippen molar-refractivity contribution in [3.8, 4) is 11.1 Å². The molecule has 0 amide bonds. The molecule has 0 aliphatic carbocycles. The summed E-state index contributed by atoms with van der Waals surface area (Å²) in [5, 5.41) is 21.2. The Labute approximate surface area is 141 Å². The molecule has 1 unspecified atom stereocenters. The van der Waals surface area contributed by atoms with Gasteiger partial charge in [0, 0.05) is 16.7 Å². The number of fused-ring (bicyclic) bond motifs is 1. The fourth-order valence-electron chi connectivity index (χ4n) is 2.17. The van der Waals surface area contributed by atoms with E-state index in [0.717, 1.165) is 11.1 Å². The molecule has 3 N–H and O–H groups in total. The van der Waals surface area contributed by atoms with Crippen LogP contribution in [-0.2, 0) is 0 Å². The van der Waals surface area contributed by atoms with Gasteiger partial charge in [0.15, 0.2) is 5.16 Å². The zero-order chi connectivity index (χ0) is 16.4. The minimum Gasteiger partial charge on any atom is -0.394 e. The summed E-state index contributed by atoms with van der Waals surface area (Å²) in [7, 11) is 0. The molecular weight excluding hydrogens is 332 g/mol. The van der Waals surface area contributed by atoms with Gasteiger partial charge in [0.2, 0.25) is 0 Å². The highest BCUT2D eigenvalue weighted by Gasteiger charge is 2.13. The molecular formula is C16H16N2O3S2. The predicted molar refractivity (Wildman–Crippen MR) is 94.2 cm³/mol. The van der Waals surface area contributed by atoms with Gasteiger partial charge in [0.1, 0.15) is 4.83 Å². The summed E-state index contributed by atoms with van der Waals surface area (Å²) >= 11 is 2.64. The third-order valence-electron chi connectivity index (χ3n) is 3.41. The van der Waals surface area contributed by atoms with E-state index in [0.29, 0.717) is 15.4 Å². The standard InChI is InChI=1S/C16H16N2O3S2/c1-9-2-4-10(5-3-9)12-8-22-15-13(12)14(21)17-16(18-15)23-7-11(20)6-19/h2-5,8,11,19-20H,6-7H2,1H3,(H,17,18,21). The fraction of sp³-hybridized carbons (Fsp3) is 0.250. The molecule has 0 radical (unpaired) electrons. The van der Waals surface area contributed by atoms with Crippen molar-refractivity contribution in [2.45, 2.75) is 18.2 Å². The first-order valence-electron chi connectivity index (χ1n) is 7.08. The summed E-state index contributed by atoms with van der Waals surface area (Å²) in [6.07, 6.45) is -0.826. The molecule has 0 saturated carbocycles. The normalized spacial score (nSPS) is 12.7. The molecule has 0 fully saturated rings. The maximum atomic E-state index is 12.4. The number of hydrogen-bond donors (Lipinski definition) is 3. The van der Waals surface area contributed by atoms with E-state index in [4.69, 9.17) is 5.11 Å². The number of nitrogens with one attached hydrogen (secondary N) is 1. The molecule has 2 aromatic heterocycles. The van der Waals surface area contributed by atoms with E-state index >= 15 is 0 Å². The lowest BCUT2D eigenvalue weighted by Crippen LogP contribution is -2.16. The number of rotatable bonds is 5. The SMILES string of the molecule is Cc1ccc(-c2csc3nc(SCC(O)CO)[nH]c(=O)c23)cc1. The van der Waals surface area contributed by atoms with E-state index in [1.165, 1.54) is 28.7 Å². The van der Waals surface area contributed by atoms with Crippen LogP contribution in [0.1, 0.15) is 5.56 Å². The second-order valence-corrected chi connectivity index (χ2v) is 7.08. The van der Waals surface area contributed by atoms with E-state index in [9.17, 15) is 9.90 Å². The van der Waals surface area contributed by atoms with Crippen LogP contribution in [0.5, 0.6) is 0 Å². The van der Waals surface area contributed by atoms with Crippen LogP contribution in [-0.4, -0.2) is 38.6 Å². The van der Waals surface area contributed by atoms with Gasteiger partial charge in [-0.15, -0.1) is 11.3 Å². The quantitative estimate of drug-likeness (QED) is 0.487. The number of aromatic amines is 1. The maximum Gasteiger partial charge on any atom is 0.260 e. The highest BCUT2D eigenvalue weighted by molar-refractivity contribution is 7.99. The van der Waals surface area contributed by atoms with Gasteiger partial charge < -0.3 is 15.2 Å². The molecule has 120 valence electrons. The van der Waals surface area contributed by atoms with Crippen molar-refractivity contribution < 1.29 is 10.2 Å². The van der Waals surface area contributed by atoms with Gasteiger partial charge in [-0.1, -0.05) is 41.6 Å². The lowest BCUT2D eigenvalue weighted by atomic mass is 10.1. The molecule has 3 rings (SSSR count). The Morgan fingerprint density at radius 3 is 2.78 bits per heavy atom. The first-order valence-corrected chi connectivity index (χ1v) is 8.95. The Kier molecular flexibility index (Phi) is 4.82. The highest BCUT2D eigenvalue weighted by Crippen LogP contribution is 2.31. The van der Waals surface area contributed by atoms with Crippen LogP contribution in [0.25, 0.3) is 21.3 Å².